The van der Waals surface area contributed by atoms with E-state index in [2.05, 4.69) is 20.3 Å². The number of hydrogen-bond acceptors (Lipinski definition) is 1. The minimum Gasteiger partial charge on any atom is -0.234 e. The molecule has 0 spiro atoms. The standard InChI is InChI=1S/C12H12BrF4NOS/c1-11(2,3)20(19)18-10(12(15,16)17)7-4-5-9(14)8(13)6-7/h4-6H,1-3H3/b18-10-. The van der Waals surface area contributed by atoms with E-state index in [9.17, 15) is 21.8 Å². The lowest BCUT2D eigenvalue weighted by atomic mass is 10.1. The molecule has 0 N–H and O–H groups in total. The van der Waals surface area contributed by atoms with Crippen LogP contribution in [0.2, 0.25) is 0 Å². The third-order valence-corrected chi connectivity index (χ3v) is 4.16. The minimum atomic E-state index is -4.78. The summed E-state index contributed by atoms with van der Waals surface area (Å²) in [6.07, 6.45) is -4.78. The van der Waals surface area contributed by atoms with Gasteiger partial charge in [-0.3, -0.25) is 0 Å². The highest BCUT2D eigenvalue weighted by molar-refractivity contribution is 9.10. The molecular formula is C12H12BrF4NOS. The van der Waals surface area contributed by atoms with Gasteiger partial charge >= 0.3 is 6.18 Å². The quantitative estimate of drug-likeness (QED) is 0.557. The van der Waals surface area contributed by atoms with Crippen molar-refractivity contribution in [3.63, 3.8) is 0 Å². The molecule has 0 fully saturated rings. The van der Waals surface area contributed by atoms with Gasteiger partial charge in [-0.2, -0.15) is 17.6 Å². The zero-order valence-corrected chi connectivity index (χ0v) is 13.3. The summed E-state index contributed by atoms with van der Waals surface area (Å²) >= 11 is 2.81. The number of alkyl halides is 3. The molecule has 1 atom stereocenters. The summed E-state index contributed by atoms with van der Waals surface area (Å²) in [5, 5.41) is 0. The van der Waals surface area contributed by atoms with Gasteiger partial charge < -0.3 is 0 Å². The zero-order chi connectivity index (χ0) is 15.7. The van der Waals surface area contributed by atoms with E-state index < -0.39 is 33.4 Å². The highest BCUT2D eigenvalue weighted by atomic mass is 79.9. The number of hydrogen-bond donors (Lipinski definition) is 0. The van der Waals surface area contributed by atoms with Crippen molar-refractivity contribution in [2.45, 2.75) is 31.7 Å². The number of benzene rings is 1. The average Bonchev–Trinajstić information content (AvgIpc) is 2.26. The molecule has 8 heteroatoms. The van der Waals surface area contributed by atoms with Crippen LogP contribution in [0.25, 0.3) is 0 Å². The SMILES string of the molecule is CC(C)(C)S(=O)/N=C(/c1ccc(F)c(Br)c1)C(F)(F)F. The maximum Gasteiger partial charge on any atom is 0.434 e. The van der Waals surface area contributed by atoms with Gasteiger partial charge in [-0.25, -0.2) is 8.60 Å². The molecule has 0 radical (unpaired) electrons. The largest absolute Gasteiger partial charge is 0.434 e. The number of halogens is 5. The third-order valence-electron chi connectivity index (χ3n) is 2.16. The van der Waals surface area contributed by atoms with E-state index >= 15 is 0 Å². The summed E-state index contributed by atoms with van der Waals surface area (Å²) in [7, 11) is -2.07. The minimum absolute atomic E-state index is 0.117. The van der Waals surface area contributed by atoms with Crippen LogP contribution in [0.1, 0.15) is 26.3 Å². The Kier molecular flexibility index (Phi) is 5.13. The Hall–Kier alpha value is -0.760. The molecule has 0 aromatic heterocycles. The normalized spacial score (nSPS) is 15.3. The van der Waals surface area contributed by atoms with E-state index in [1.54, 1.807) is 0 Å². The molecule has 0 aliphatic rings. The van der Waals surface area contributed by atoms with Crippen molar-refractivity contribution in [3.8, 4) is 0 Å². The first-order valence-corrected chi connectivity index (χ1v) is 7.36. The highest BCUT2D eigenvalue weighted by Gasteiger charge is 2.38. The molecule has 0 saturated heterocycles. The molecule has 0 amide bonds. The molecule has 112 valence electrons. The van der Waals surface area contributed by atoms with E-state index in [-0.39, 0.29) is 10.0 Å². The van der Waals surface area contributed by atoms with Gasteiger partial charge in [-0.1, -0.05) is 0 Å². The van der Waals surface area contributed by atoms with E-state index in [4.69, 9.17) is 0 Å². The first-order chi connectivity index (χ1) is 8.93. The second kappa shape index (κ2) is 5.93. The molecule has 2 nitrogen and oxygen atoms in total. The lowest BCUT2D eigenvalue weighted by molar-refractivity contribution is -0.0578. The fraction of sp³-hybridized carbons (Fsp3) is 0.417. The van der Waals surface area contributed by atoms with Crippen LogP contribution >= 0.6 is 15.9 Å². The van der Waals surface area contributed by atoms with Gasteiger partial charge in [0, 0.05) is 5.56 Å². The second-order valence-corrected chi connectivity index (χ2v) is 7.69. The molecule has 0 saturated carbocycles. The Morgan fingerprint density at radius 1 is 1.25 bits per heavy atom. The van der Waals surface area contributed by atoms with Crippen LogP contribution in [0.3, 0.4) is 0 Å². The average molecular weight is 374 g/mol. The van der Waals surface area contributed by atoms with Gasteiger partial charge in [-0.05, 0) is 54.9 Å². The monoisotopic (exact) mass is 373 g/mol. The van der Waals surface area contributed by atoms with Crippen LogP contribution < -0.4 is 0 Å². The van der Waals surface area contributed by atoms with Crippen LogP contribution in [-0.2, 0) is 11.0 Å². The Labute approximate surface area is 125 Å². The molecule has 1 unspecified atom stereocenters. The summed E-state index contributed by atoms with van der Waals surface area (Å²) in [5.41, 5.74) is -1.63. The van der Waals surface area contributed by atoms with Crippen molar-refractivity contribution in [1.29, 1.82) is 0 Å². The molecule has 0 heterocycles. The smallest absolute Gasteiger partial charge is 0.234 e. The van der Waals surface area contributed by atoms with E-state index in [0.29, 0.717) is 0 Å². The lowest BCUT2D eigenvalue weighted by Gasteiger charge is -2.16. The Bertz CT molecular complexity index is 564. The first kappa shape index (κ1) is 17.3. The predicted molar refractivity (Wildman–Crippen MR) is 74.6 cm³/mol. The number of nitrogens with zero attached hydrogens (tertiary/aromatic N) is 1. The molecule has 1 aromatic rings. The molecule has 1 aromatic carbocycles. The van der Waals surface area contributed by atoms with Crippen LogP contribution in [-0.4, -0.2) is 20.8 Å². The van der Waals surface area contributed by atoms with Crippen LogP contribution in [0, 0.1) is 5.82 Å². The van der Waals surface area contributed by atoms with Crippen molar-refractivity contribution < 1.29 is 21.8 Å². The van der Waals surface area contributed by atoms with Crippen molar-refractivity contribution in [2.75, 3.05) is 0 Å². The fourth-order valence-corrected chi connectivity index (χ4v) is 2.16. The van der Waals surface area contributed by atoms with Crippen molar-refractivity contribution in [1.82, 2.24) is 0 Å². The van der Waals surface area contributed by atoms with Gasteiger partial charge in [0.1, 0.15) is 16.8 Å². The van der Waals surface area contributed by atoms with Crippen molar-refractivity contribution in [3.05, 3.63) is 34.1 Å². The van der Waals surface area contributed by atoms with Crippen LogP contribution in [0.15, 0.2) is 27.1 Å². The Morgan fingerprint density at radius 2 is 1.80 bits per heavy atom. The van der Waals surface area contributed by atoms with Gasteiger partial charge in [0.05, 0.1) is 9.22 Å². The third kappa shape index (κ3) is 4.37. The summed E-state index contributed by atoms with van der Waals surface area (Å²) in [4.78, 5) is 0. The van der Waals surface area contributed by atoms with E-state index in [0.717, 1.165) is 18.2 Å². The van der Waals surface area contributed by atoms with Crippen LogP contribution in [0.4, 0.5) is 17.6 Å². The molecule has 0 bridgehead atoms. The summed E-state index contributed by atoms with van der Waals surface area (Å²) in [6.45, 7) is 4.55. The van der Waals surface area contributed by atoms with E-state index in [1.165, 1.54) is 20.8 Å². The molecular weight excluding hydrogens is 362 g/mol. The zero-order valence-electron chi connectivity index (χ0n) is 10.9. The second-order valence-electron chi connectivity index (χ2n) is 4.93. The first-order valence-electron chi connectivity index (χ1n) is 5.46. The maximum absolute atomic E-state index is 13.1. The van der Waals surface area contributed by atoms with Gasteiger partial charge in [0.2, 0.25) is 0 Å². The molecule has 0 aliphatic heterocycles. The molecule has 1 rings (SSSR count). The summed E-state index contributed by atoms with van der Waals surface area (Å²) in [5.74, 6) is -0.688. The van der Waals surface area contributed by atoms with Gasteiger partial charge in [0.15, 0.2) is 5.71 Å². The fourth-order valence-electron chi connectivity index (χ4n) is 1.13. The van der Waals surface area contributed by atoms with E-state index in [1.807, 2.05) is 0 Å². The maximum atomic E-state index is 13.1. The Balaban J connectivity index is 3.38. The number of rotatable bonds is 2. The van der Waals surface area contributed by atoms with Crippen molar-refractivity contribution >= 4 is 32.6 Å². The summed E-state index contributed by atoms with van der Waals surface area (Å²) < 4.78 is 66.1. The summed E-state index contributed by atoms with van der Waals surface area (Å²) in [6, 6.07) is 2.80. The lowest BCUT2D eigenvalue weighted by Crippen LogP contribution is -2.28. The highest BCUT2D eigenvalue weighted by Crippen LogP contribution is 2.27. The molecule has 0 aliphatic carbocycles. The predicted octanol–water partition coefficient (Wildman–Crippen LogP) is 4.40. The van der Waals surface area contributed by atoms with Gasteiger partial charge in [-0.15, -0.1) is 0 Å². The topological polar surface area (TPSA) is 29.4 Å². The van der Waals surface area contributed by atoms with Gasteiger partial charge in [0.25, 0.3) is 0 Å². The molecule has 20 heavy (non-hydrogen) atoms. The van der Waals surface area contributed by atoms with Crippen molar-refractivity contribution in [2.24, 2.45) is 4.40 Å². The Morgan fingerprint density at radius 3 is 2.20 bits per heavy atom. The van der Waals surface area contributed by atoms with Crippen LogP contribution in [0.5, 0.6) is 0 Å².